The van der Waals surface area contributed by atoms with Gasteiger partial charge in [0.2, 0.25) is 15.9 Å². The molecule has 2 aromatic carbocycles. The van der Waals surface area contributed by atoms with E-state index in [2.05, 4.69) is 5.32 Å². The van der Waals surface area contributed by atoms with Crippen molar-refractivity contribution in [1.29, 1.82) is 0 Å². The topological polar surface area (TPSA) is 75.7 Å². The van der Waals surface area contributed by atoms with Crippen LogP contribution in [0.1, 0.15) is 11.1 Å². The normalized spacial score (nSPS) is 11.4. The number of hydrogen-bond acceptors (Lipinski definition) is 4. The van der Waals surface area contributed by atoms with Crippen molar-refractivity contribution >= 4 is 27.5 Å². The summed E-state index contributed by atoms with van der Waals surface area (Å²) in [5.74, 6) is 0.335. The van der Waals surface area contributed by atoms with E-state index in [1.165, 1.54) is 0 Å². The van der Waals surface area contributed by atoms with Gasteiger partial charge in [0.05, 0.1) is 19.9 Å². The van der Waals surface area contributed by atoms with Crippen molar-refractivity contribution in [3.8, 4) is 5.75 Å². The van der Waals surface area contributed by atoms with Gasteiger partial charge in [-0.25, -0.2) is 8.42 Å². The zero-order valence-corrected chi connectivity index (χ0v) is 16.2. The minimum atomic E-state index is -3.57. The lowest BCUT2D eigenvalue weighted by Gasteiger charge is -2.20. The maximum atomic E-state index is 12.2. The van der Waals surface area contributed by atoms with Gasteiger partial charge in [0, 0.05) is 18.1 Å². The number of ether oxygens (including phenoxy) is 1. The van der Waals surface area contributed by atoms with Gasteiger partial charge in [0.25, 0.3) is 0 Å². The Morgan fingerprint density at radius 2 is 1.81 bits per heavy atom. The second-order valence-corrected chi connectivity index (χ2v) is 8.14. The van der Waals surface area contributed by atoms with Gasteiger partial charge in [-0.2, -0.15) is 4.31 Å². The molecule has 0 spiro atoms. The Kier molecular flexibility index (Phi) is 7.02. The van der Waals surface area contributed by atoms with Crippen molar-refractivity contribution in [2.45, 2.75) is 13.1 Å². The first-order valence-corrected chi connectivity index (χ1v) is 10.1. The molecule has 1 N–H and O–H groups in total. The molecule has 0 atom stereocenters. The fourth-order valence-corrected chi connectivity index (χ4v) is 3.19. The van der Waals surface area contributed by atoms with E-state index >= 15 is 0 Å². The molecule has 1 amide bonds. The van der Waals surface area contributed by atoms with Gasteiger partial charge < -0.3 is 10.1 Å². The minimum absolute atomic E-state index is 0.0362. The average Bonchev–Trinajstić information content (AvgIpc) is 2.61. The summed E-state index contributed by atoms with van der Waals surface area (Å²) in [4.78, 5) is 12.2. The molecule has 0 bridgehead atoms. The molecular formula is C18H21ClN2O4S. The molecule has 0 aliphatic rings. The van der Waals surface area contributed by atoms with Crippen molar-refractivity contribution in [3.05, 3.63) is 64.7 Å². The largest absolute Gasteiger partial charge is 0.497 e. The predicted molar refractivity (Wildman–Crippen MR) is 102 cm³/mol. The Hall–Kier alpha value is -2.09. The van der Waals surface area contributed by atoms with Crippen molar-refractivity contribution in [2.24, 2.45) is 0 Å². The van der Waals surface area contributed by atoms with E-state index in [0.717, 1.165) is 21.9 Å². The SMILES string of the molecule is COc1ccc(CNC(=O)CN(Cc2ccccc2Cl)S(C)(=O)=O)cc1. The average molecular weight is 397 g/mol. The zero-order valence-electron chi connectivity index (χ0n) is 14.6. The van der Waals surface area contributed by atoms with Crippen LogP contribution in [-0.2, 0) is 27.9 Å². The number of benzene rings is 2. The van der Waals surface area contributed by atoms with E-state index in [1.807, 2.05) is 12.1 Å². The lowest BCUT2D eigenvalue weighted by molar-refractivity contribution is -0.121. The number of methoxy groups -OCH3 is 1. The number of nitrogens with zero attached hydrogens (tertiary/aromatic N) is 1. The molecular weight excluding hydrogens is 376 g/mol. The second kappa shape index (κ2) is 9.02. The summed E-state index contributed by atoms with van der Waals surface area (Å²) in [6, 6.07) is 14.2. The van der Waals surface area contributed by atoms with Crippen LogP contribution < -0.4 is 10.1 Å². The van der Waals surface area contributed by atoms with Crippen LogP contribution in [-0.4, -0.2) is 38.5 Å². The van der Waals surface area contributed by atoms with Crippen molar-refractivity contribution < 1.29 is 17.9 Å². The molecule has 2 aromatic rings. The molecule has 0 aliphatic heterocycles. The molecule has 0 fully saturated rings. The van der Waals surface area contributed by atoms with Crippen LogP contribution in [0, 0.1) is 0 Å². The van der Waals surface area contributed by atoms with E-state index < -0.39 is 15.9 Å². The van der Waals surface area contributed by atoms with Crippen LogP contribution in [0.25, 0.3) is 0 Å². The van der Waals surface area contributed by atoms with E-state index in [-0.39, 0.29) is 13.1 Å². The molecule has 140 valence electrons. The Morgan fingerprint density at radius 1 is 1.15 bits per heavy atom. The lowest BCUT2D eigenvalue weighted by Crippen LogP contribution is -2.39. The molecule has 0 radical (unpaired) electrons. The number of carbonyl (C=O) groups is 1. The molecule has 8 heteroatoms. The van der Waals surface area contributed by atoms with Crippen LogP contribution in [0.2, 0.25) is 5.02 Å². The first kappa shape index (κ1) is 20.2. The molecule has 2 rings (SSSR count). The zero-order chi connectivity index (χ0) is 19.2. The molecule has 0 aliphatic carbocycles. The summed E-state index contributed by atoms with van der Waals surface area (Å²) in [7, 11) is -1.99. The Bertz CT molecular complexity index is 854. The van der Waals surface area contributed by atoms with Gasteiger partial charge in [-0.3, -0.25) is 4.79 Å². The monoisotopic (exact) mass is 396 g/mol. The van der Waals surface area contributed by atoms with Gasteiger partial charge >= 0.3 is 0 Å². The minimum Gasteiger partial charge on any atom is -0.497 e. The van der Waals surface area contributed by atoms with Crippen LogP contribution in [0.5, 0.6) is 5.75 Å². The fourth-order valence-electron chi connectivity index (χ4n) is 2.27. The lowest BCUT2D eigenvalue weighted by atomic mass is 10.2. The molecule has 26 heavy (non-hydrogen) atoms. The second-order valence-electron chi connectivity index (χ2n) is 5.75. The standard InChI is InChI=1S/C18H21ClN2O4S/c1-25-16-9-7-14(8-10-16)11-20-18(22)13-21(26(2,23)24)12-15-5-3-4-6-17(15)19/h3-10H,11-13H2,1-2H3,(H,20,22). The molecule has 0 heterocycles. The highest BCUT2D eigenvalue weighted by Gasteiger charge is 2.21. The van der Waals surface area contributed by atoms with Gasteiger partial charge in [0.1, 0.15) is 5.75 Å². The molecule has 0 aromatic heterocycles. The van der Waals surface area contributed by atoms with Gasteiger partial charge in [-0.15, -0.1) is 0 Å². The van der Waals surface area contributed by atoms with Gasteiger partial charge in [-0.05, 0) is 29.3 Å². The van der Waals surface area contributed by atoms with Crippen LogP contribution in [0.15, 0.2) is 48.5 Å². The van der Waals surface area contributed by atoms with Crippen molar-refractivity contribution in [1.82, 2.24) is 9.62 Å². The summed E-state index contributed by atoms with van der Waals surface area (Å²) in [5, 5.41) is 3.18. The quantitative estimate of drug-likeness (QED) is 0.743. The first-order chi connectivity index (χ1) is 12.3. The molecule has 6 nitrogen and oxygen atoms in total. The Morgan fingerprint density at radius 3 is 2.38 bits per heavy atom. The predicted octanol–water partition coefficient (Wildman–Crippen LogP) is 2.43. The van der Waals surface area contributed by atoms with E-state index in [4.69, 9.17) is 16.3 Å². The highest BCUT2D eigenvalue weighted by atomic mass is 35.5. The number of carbonyl (C=O) groups excluding carboxylic acids is 1. The summed E-state index contributed by atoms with van der Waals surface area (Å²) in [6.45, 7) is 0.0567. The number of hydrogen-bond donors (Lipinski definition) is 1. The maximum absolute atomic E-state index is 12.2. The third kappa shape index (κ3) is 6.01. The number of halogens is 1. The van der Waals surface area contributed by atoms with E-state index in [1.54, 1.807) is 43.5 Å². The van der Waals surface area contributed by atoms with E-state index in [9.17, 15) is 13.2 Å². The van der Waals surface area contributed by atoms with E-state index in [0.29, 0.717) is 17.1 Å². The smallest absolute Gasteiger partial charge is 0.235 e. The number of sulfonamides is 1. The molecule has 0 saturated carbocycles. The van der Waals surface area contributed by atoms with Crippen molar-refractivity contribution in [2.75, 3.05) is 19.9 Å². The molecule has 0 saturated heterocycles. The summed E-state index contributed by atoms with van der Waals surface area (Å²) in [6.07, 6.45) is 1.07. The first-order valence-electron chi connectivity index (χ1n) is 7.88. The summed E-state index contributed by atoms with van der Waals surface area (Å²) < 4.78 is 30.2. The maximum Gasteiger partial charge on any atom is 0.235 e. The Labute approximate surface area is 158 Å². The molecule has 0 unspecified atom stereocenters. The third-order valence-electron chi connectivity index (χ3n) is 3.74. The van der Waals surface area contributed by atoms with Crippen LogP contribution in [0.3, 0.4) is 0 Å². The van der Waals surface area contributed by atoms with Crippen molar-refractivity contribution in [3.63, 3.8) is 0 Å². The fraction of sp³-hybridized carbons (Fsp3) is 0.278. The van der Waals surface area contributed by atoms with Gasteiger partial charge in [0.15, 0.2) is 0 Å². The highest BCUT2D eigenvalue weighted by molar-refractivity contribution is 7.88. The summed E-state index contributed by atoms with van der Waals surface area (Å²) >= 11 is 6.09. The van der Waals surface area contributed by atoms with Crippen LogP contribution >= 0.6 is 11.6 Å². The van der Waals surface area contributed by atoms with Crippen LogP contribution in [0.4, 0.5) is 0 Å². The summed E-state index contributed by atoms with van der Waals surface area (Å²) in [5.41, 5.74) is 1.53. The number of rotatable bonds is 8. The Balaban J connectivity index is 1.99. The third-order valence-corrected chi connectivity index (χ3v) is 5.31. The highest BCUT2D eigenvalue weighted by Crippen LogP contribution is 2.18. The number of nitrogens with one attached hydrogen (secondary N) is 1. The van der Waals surface area contributed by atoms with Gasteiger partial charge in [-0.1, -0.05) is 41.9 Å². The number of amides is 1.